The van der Waals surface area contributed by atoms with E-state index in [9.17, 15) is 9.00 Å². The van der Waals surface area contributed by atoms with Gasteiger partial charge in [-0.25, -0.2) is 13.9 Å². The number of thiazole rings is 1. The minimum absolute atomic E-state index is 0.0699. The Morgan fingerprint density at radius 1 is 1.23 bits per heavy atom. The maximum atomic E-state index is 13.1. The number of piperidine rings is 1. The van der Waals surface area contributed by atoms with Crippen LogP contribution in [0.2, 0.25) is 0 Å². The molecule has 4 rings (SSSR count). The van der Waals surface area contributed by atoms with Crippen molar-refractivity contribution in [3.63, 3.8) is 0 Å². The molecule has 3 N–H and O–H groups in total. The lowest BCUT2D eigenvalue weighted by Gasteiger charge is -2.23. The summed E-state index contributed by atoms with van der Waals surface area (Å²) in [7, 11) is 0.217. The Morgan fingerprint density at radius 2 is 1.97 bits per heavy atom. The number of aryl methyl sites for hydroxylation is 1. The highest BCUT2D eigenvalue weighted by Gasteiger charge is 2.24. The van der Waals surface area contributed by atoms with E-state index in [2.05, 4.69) is 20.3 Å². The minimum atomic E-state index is -1.38. The molecule has 31 heavy (non-hydrogen) atoms. The van der Waals surface area contributed by atoms with E-state index in [1.54, 1.807) is 7.11 Å². The lowest BCUT2D eigenvalue weighted by atomic mass is 10.1. The fourth-order valence-corrected chi connectivity index (χ4v) is 6.43. The molecule has 1 aliphatic heterocycles. The zero-order chi connectivity index (χ0) is 21.8. The number of ether oxygens (including phenoxy) is 1. The number of hydrogen-bond acceptors (Lipinski definition) is 6. The Morgan fingerprint density at radius 3 is 2.68 bits per heavy atom. The smallest absolute Gasteiger partial charge is 0.229 e. The SMILES string of the molecule is COc1ccc(-c2sc(NC(=O)C3CCCC3)nc2C)cc1S(=O)NC1CCNCC1. The number of carbonyl (C=O) groups is 1. The summed E-state index contributed by atoms with van der Waals surface area (Å²) in [6, 6.07) is 5.93. The van der Waals surface area contributed by atoms with Gasteiger partial charge in [-0.15, -0.1) is 0 Å². The third-order valence-electron chi connectivity index (χ3n) is 5.99. The highest BCUT2D eigenvalue weighted by Crippen LogP contribution is 2.36. The van der Waals surface area contributed by atoms with E-state index in [0.717, 1.165) is 67.7 Å². The van der Waals surface area contributed by atoms with Gasteiger partial charge in [0.15, 0.2) is 5.13 Å². The topological polar surface area (TPSA) is 92.3 Å². The first-order chi connectivity index (χ1) is 15.0. The van der Waals surface area contributed by atoms with E-state index in [-0.39, 0.29) is 17.9 Å². The van der Waals surface area contributed by atoms with Crippen LogP contribution in [0.5, 0.6) is 5.75 Å². The van der Waals surface area contributed by atoms with Crippen LogP contribution in [0.25, 0.3) is 10.4 Å². The summed E-state index contributed by atoms with van der Waals surface area (Å²) in [5.74, 6) is 0.768. The maximum Gasteiger partial charge on any atom is 0.229 e. The number of anilines is 1. The summed E-state index contributed by atoms with van der Waals surface area (Å²) in [6.45, 7) is 3.80. The van der Waals surface area contributed by atoms with Crippen LogP contribution < -0.4 is 20.1 Å². The molecular weight excluding hydrogens is 432 g/mol. The third-order valence-corrected chi connectivity index (χ3v) is 8.38. The minimum Gasteiger partial charge on any atom is -0.495 e. The van der Waals surface area contributed by atoms with Crippen molar-refractivity contribution >= 4 is 33.4 Å². The largest absolute Gasteiger partial charge is 0.495 e. The molecule has 1 saturated heterocycles. The van der Waals surface area contributed by atoms with Crippen molar-refractivity contribution in [2.45, 2.75) is 56.4 Å². The number of methoxy groups -OCH3 is 1. The number of aromatic nitrogens is 1. The van der Waals surface area contributed by atoms with Gasteiger partial charge in [-0.3, -0.25) is 4.79 Å². The first-order valence-electron chi connectivity index (χ1n) is 10.9. The molecule has 0 spiro atoms. The zero-order valence-electron chi connectivity index (χ0n) is 18.0. The van der Waals surface area contributed by atoms with E-state index in [1.807, 2.05) is 25.1 Å². The second-order valence-electron chi connectivity index (χ2n) is 8.18. The zero-order valence-corrected chi connectivity index (χ0v) is 19.7. The molecule has 1 aliphatic carbocycles. The van der Waals surface area contributed by atoms with E-state index in [4.69, 9.17) is 4.74 Å². The molecule has 0 bridgehead atoms. The molecule has 1 atom stereocenters. The first kappa shape index (κ1) is 22.4. The predicted molar refractivity (Wildman–Crippen MR) is 125 cm³/mol. The van der Waals surface area contributed by atoms with Crippen molar-refractivity contribution in [2.24, 2.45) is 5.92 Å². The van der Waals surface area contributed by atoms with Gasteiger partial charge in [0.2, 0.25) is 5.91 Å². The lowest BCUT2D eigenvalue weighted by molar-refractivity contribution is -0.119. The highest BCUT2D eigenvalue weighted by atomic mass is 32.2. The van der Waals surface area contributed by atoms with Crippen LogP contribution in [-0.2, 0) is 15.8 Å². The van der Waals surface area contributed by atoms with Crippen LogP contribution in [0.3, 0.4) is 0 Å². The first-order valence-corrected chi connectivity index (χ1v) is 12.9. The van der Waals surface area contributed by atoms with Gasteiger partial charge in [0.05, 0.1) is 22.6 Å². The molecule has 1 saturated carbocycles. The summed E-state index contributed by atoms with van der Waals surface area (Å²) in [6.07, 6.45) is 6.06. The van der Waals surface area contributed by atoms with Crippen molar-refractivity contribution in [2.75, 3.05) is 25.5 Å². The number of benzene rings is 1. The van der Waals surface area contributed by atoms with Crippen LogP contribution >= 0.6 is 11.3 Å². The second kappa shape index (κ2) is 10.2. The molecule has 7 nitrogen and oxygen atoms in total. The van der Waals surface area contributed by atoms with Crippen LogP contribution in [-0.4, -0.2) is 41.3 Å². The Labute approximate surface area is 190 Å². The van der Waals surface area contributed by atoms with E-state index in [1.165, 1.54) is 11.3 Å². The number of carbonyl (C=O) groups excluding carboxylic acids is 1. The van der Waals surface area contributed by atoms with Crippen LogP contribution in [0.1, 0.15) is 44.2 Å². The van der Waals surface area contributed by atoms with Crippen LogP contribution in [0, 0.1) is 12.8 Å². The standard InChI is InChI=1S/C22H30N4O3S2/c1-14-20(30-22(24-14)25-21(27)15-5-3-4-6-15)16-7-8-18(29-2)19(13-16)31(28)26-17-9-11-23-12-10-17/h7-8,13,15,17,23,26H,3-6,9-12H2,1-2H3,(H,24,25,27). The molecule has 168 valence electrons. The van der Waals surface area contributed by atoms with Crippen molar-refractivity contribution in [1.82, 2.24) is 15.0 Å². The summed E-state index contributed by atoms with van der Waals surface area (Å²) in [5, 5.41) is 6.94. The lowest BCUT2D eigenvalue weighted by Crippen LogP contribution is -2.40. The third kappa shape index (κ3) is 5.34. The molecule has 9 heteroatoms. The summed E-state index contributed by atoms with van der Waals surface area (Å²) < 4.78 is 21.8. The van der Waals surface area contributed by atoms with Crippen LogP contribution in [0.15, 0.2) is 23.1 Å². The van der Waals surface area contributed by atoms with Gasteiger partial charge >= 0.3 is 0 Å². The Balaban J connectivity index is 1.53. The molecule has 1 unspecified atom stereocenters. The summed E-state index contributed by atoms with van der Waals surface area (Å²) >= 11 is 1.46. The monoisotopic (exact) mass is 462 g/mol. The number of hydrogen-bond donors (Lipinski definition) is 3. The summed E-state index contributed by atoms with van der Waals surface area (Å²) in [4.78, 5) is 18.6. The van der Waals surface area contributed by atoms with Gasteiger partial charge < -0.3 is 15.4 Å². The van der Waals surface area contributed by atoms with Gasteiger partial charge in [-0.2, -0.15) is 0 Å². The van der Waals surface area contributed by atoms with Crippen LogP contribution in [0.4, 0.5) is 5.13 Å². The van der Waals surface area contributed by atoms with Crippen molar-refractivity contribution in [3.05, 3.63) is 23.9 Å². The fourth-order valence-electron chi connectivity index (χ4n) is 4.23. The Hall–Kier alpha value is -1.81. The molecular formula is C22H30N4O3S2. The normalized spacial score (nSPS) is 18.8. The molecule has 2 heterocycles. The van der Waals surface area contributed by atoms with Gasteiger partial charge in [-0.05, 0) is 69.5 Å². The van der Waals surface area contributed by atoms with Crippen molar-refractivity contribution in [3.8, 4) is 16.2 Å². The molecule has 1 aromatic heterocycles. The molecule has 0 radical (unpaired) electrons. The summed E-state index contributed by atoms with van der Waals surface area (Å²) in [5.41, 5.74) is 1.77. The molecule has 2 aromatic rings. The van der Waals surface area contributed by atoms with Gasteiger partial charge in [0, 0.05) is 12.0 Å². The second-order valence-corrected chi connectivity index (χ2v) is 10.4. The number of rotatable bonds is 7. The number of nitrogens with zero attached hydrogens (tertiary/aromatic N) is 1. The molecule has 1 amide bonds. The van der Waals surface area contributed by atoms with E-state index in [0.29, 0.717) is 15.8 Å². The van der Waals surface area contributed by atoms with Gasteiger partial charge in [0.25, 0.3) is 0 Å². The molecule has 1 aromatic carbocycles. The Kier molecular flexibility index (Phi) is 7.37. The highest BCUT2D eigenvalue weighted by molar-refractivity contribution is 7.83. The van der Waals surface area contributed by atoms with Gasteiger partial charge in [0.1, 0.15) is 16.7 Å². The quantitative estimate of drug-likeness (QED) is 0.585. The molecule has 2 fully saturated rings. The average molecular weight is 463 g/mol. The average Bonchev–Trinajstić information content (AvgIpc) is 3.44. The fraction of sp³-hybridized carbons (Fsp3) is 0.545. The van der Waals surface area contributed by atoms with E-state index < -0.39 is 11.0 Å². The van der Waals surface area contributed by atoms with Crippen molar-refractivity contribution < 1.29 is 13.7 Å². The Bertz CT molecular complexity index is 950. The maximum absolute atomic E-state index is 13.1. The van der Waals surface area contributed by atoms with Gasteiger partial charge in [-0.1, -0.05) is 24.2 Å². The predicted octanol–water partition coefficient (Wildman–Crippen LogP) is 3.62. The number of amides is 1. The van der Waals surface area contributed by atoms with E-state index >= 15 is 0 Å². The molecule has 2 aliphatic rings. The van der Waals surface area contributed by atoms with Crippen molar-refractivity contribution in [1.29, 1.82) is 0 Å². The number of nitrogens with one attached hydrogen (secondary N) is 3.